The Morgan fingerprint density at radius 3 is 1.73 bits per heavy atom. The molecule has 7 heteroatoms. The van der Waals surface area contributed by atoms with Crippen molar-refractivity contribution in [3.05, 3.63) is 0 Å². The van der Waals surface area contributed by atoms with Gasteiger partial charge in [0.2, 0.25) is 0 Å². The number of nitrogens with one attached hydrogen (secondary N) is 1. The summed E-state index contributed by atoms with van der Waals surface area (Å²) < 4.78 is 20.8. The summed E-state index contributed by atoms with van der Waals surface area (Å²) >= 11 is 0. The summed E-state index contributed by atoms with van der Waals surface area (Å²) in [6, 6.07) is 0. The van der Waals surface area contributed by atoms with Gasteiger partial charge in [-0.2, -0.15) is 0 Å². The maximum atomic E-state index is 10.4. The summed E-state index contributed by atoms with van der Waals surface area (Å²) in [5, 5.41) is 3.23. The van der Waals surface area contributed by atoms with Crippen LogP contribution >= 0.6 is 15.8 Å². The minimum atomic E-state index is -0.0944. The Morgan fingerprint density at radius 2 is 1.33 bits per heavy atom. The van der Waals surface area contributed by atoms with Crippen molar-refractivity contribution in [1.82, 2.24) is 15.1 Å². The molecule has 1 N–H and O–H groups in total. The van der Waals surface area contributed by atoms with E-state index in [9.17, 15) is 9.13 Å². The standard InChI is InChI=1S/C8H13N3O2P2/c12-14-7-10-3-1-9-2-4-11(6-5-10)8-15-13/h9H,1-6H2. The second kappa shape index (κ2) is 8.10. The van der Waals surface area contributed by atoms with Crippen molar-refractivity contribution in [2.45, 2.75) is 0 Å². The van der Waals surface area contributed by atoms with E-state index in [1.165, 1.54) is 0 Å². The molecule has 1 aliphatic heterocycles. The van der Waals surface area contributed by atoms with Crippen LogP contribution in [-0.4, -0.2) is 49.1 Å². The molecule has 0 saturated carbocycles. The third-order valence-electron chi connectivity index (χ3n) is 2.12. The SMILES string of the molecule is O=P#CN1CCNCCN(C#P=O)CC1. The van der Waals surface area contributed by atoms with E-state index in [0.29, 0.717) is 0 Å². The summed E-state index contributed by atoms with van der Waals surface area (Å²) in [4.78, 5) is 3.73. The average Bonchev–Trinajstić information content (AvgIpc) is 2.33. The molecular formula is C8H13N3O2P2. The van der Waals surface area contributed by atoms with Crippen LogP contribution in [0.5, 0.6) is 0 Å². The second-order valence-corrected chi connectivity index (χ2v) is 3.87. The zero-order valence-corrected chi connectivity index (χ0v) is 10.1. The van der Waals surface area contributed by atoms with E-state index in [2.05, 4.69) is 16.8 Å². The summed E-state index contributed by atoms with van der Waals surface area (Å²) in [6.07, 6.45) is 0. The molecule has 82 valence electrons. The first-order valence-electron chi connectivity index (χ1n) is 4.73. The van der Waals surface area contributed by atoms with Crippen molar-refractivity contribution in [2.24, 2.45) is 0 Å². The van der Waals surface area contributed by atoms with Gasteiger partial charge < -0.3 is 0 Å². The van der Waals surface area contributed by atoms with Gasteiger partial charge >= 0.3 is 90.8 Å². The first kappa shape index (κ1) is 13.0. The predicted octanol–water partition coefficient (Wildman–Crippen LogP) is 0.610. The normalized spacial score (nSPS) is 20.3. The molecule has 0 radical (unpaired) electrons. The number of hydrogen-bond donors (Lipinski definition) is 1. The van der Waals surface area contributed by atoms with E-state index in [1.54, 1.807) is 0 Å². The van der Waals surface area contributed by atoms with Gasteiger partial charge in [0.25, 0.3) is 0 Å². The monoisotopic (exact) mass is 245 g/mol. The Bertz CT molecular complexity index is 350. The second-order valence-electron chi connectivity index (χ2n) is 3.11. The van der Waals surface area contributed by atoms with Gasteiger partial charge in [-0.1, -0.05) is 0 Å². The summed E-state index contributed by atoms with van der Waals surface area (Å²) in [5.74, 6) is 5.44. The Kier molecular flexibility index (Phi) is 7.00. The number of hydrogen-bond acceptors (Lipinski definition) is 5. The van der Waals surface area contributed by atoms with Gasteiger partial charge in [-0.15, -0.1) is 0 Å². The summed E-state index contributed by atoms with van der Waals surface area (Å²) in [7, 11) is -0.189. The van der Waals surface area contributed by atoms with Gasteiger partial charge in [0.1, 0.15) is 0 Å². The van der Waals surface area contributed by atoms with E-state index in [-0.39, 0.29) is 15.8 Å². The van der Waals surface area contributed by atoms with E-state index in [0.717, 1.165) is 39.3 Å². The minimum absolute atomic E-state index is 0.0944. The molecule has 1 rings (SSSR count). The molecule has 0 atom stereocenters. The molecule has 0 aromatic rings. The van der Waals surface area contributed by atoms with Crippen molar-refractivity contribution < 1.29 is 9.13 Å². The predicted molar refractivity (Wildman–Crippen MR) is 59.0 cm³/mol. The van der Waals surface area contributed by atoms with E-state index >= 15 is 0 Å². The van der Waals surface area contributed by atoms with Crippen LogP contribution in [0.1, 0.15) is 0 Å². The van der Waals surface area contributed by atoms with Gasteiger partial charge in [0, 0.05) is 0 Å². The molecule has 0 aromatic heterocycles. The van der Waals surface area contributed by atoms with E-state index < -0.39 is 0 Å². The molecule has 1 heterocycles. The van der Waals surface area contributed by atoms with Gasteiger partial charge in [-0.05, 0) is 0 Å². The van der Waals surface area contributed by atoms with E-state index in [4.69, 9.17) is 0 Å². The molecule has 1 saturated heterocycles. The first-order chi connectivity index (χ1) is 7.36. The maximum absolute atomic E-state index is 10.4. The Balaban J connectivity index is 2.59. The molecular weight excluding hydrogens is 232 g/mol. The van der Waals surface area contributed by atoms with Crippen molar-refractivity contribution in [3.63, 3.8) is 0 Å². The topological polar surface area (TPSA) is 52.7 Å². The molecule has 1 fully saturated rings. The van der Waals surface area contributed by atoms with Gasteiger partial charge in [-0.25, -0.2) is 0 Å². The van der Waals surface area contributed by atoms with Crippen LogP contribution in [0.3, 0.4) is 0 Å². The van der Waals surface area contributed by atoms with Gasteiger partial charge in [-0.3, -0.25) is 0 Å². The molecule has 15 heavy (non-hydrogen) atoms. The van der Waals surface area contributed by atoms with Crippen LogP contribution in [0.4, 0.5) is 0 Å². The fraction of sp³-hybridized carbons (Fsp3) is 0.750. The van der Waals surface area contributed by atoms with E-state index in [1.807, 2.05) is 9.80 Å². The van der Waals surface area contributed by atoms with Crippen LogP contribution in [0.25, 0.3) is 0 Å². The third-order valence-corrected chi connectivity index (χ3v) is 2.85. The van der Waals surface area contributed by atoms with Crippen molar-refractivity contribution in [1.29, 1.82) is 0 Å². The Hall–Kier alpha value is -0.100. The molecule has 0 aromatic carbocycles. The van der Waals surface area contributed by atoms with Gasteiger partial charge in [0.15, 0.2) is 0 Å². The van der Waals surface area contributed by atoms with Gasteiger partial charge in [0.05, 0.1) is 0 Å². The third kappa shape index (κ3) is 5.51. The zero-order valence-electron chi connectivity index (χ0n) is 8.35. The fourth-order valence-electron chi connectivity index (χ4n) is 1.33. The van der Waals surface area contributed by atoms with Crippen molar-refractivity contribution in [2.75, 3.05) is 39.3 Å². The first-order valence-corrected chi connectivity index (χ1v) is 6.36. The Labute approximate surface area is 91.4 Å². The van der Waals surface area contributed by atoms with Crippen LogP contribution in [0.2, 0.25) is 0 Å². The van der Waals surface area contributed by atoms with Crippen LogP contribution in [0.15, 0.2) is 0 Å². The van der Waals surface area contributed by atoms with Crippen LogP contribution in [-0.2, 0) is 9.13 Å². The quantitative estimate of drug-likeness (QED) is 0.634. The molecule has 0 unspecified atom stereocenters. The van der Waals surface area contributed by atoms with Crippen LogP contribution < -0.4 is 5.32 Å². The number of nitrogens with zero attached hydrogens (tertiary/aromatic N) is 2. The molecule has 0 aliphatic carbocycles. The summed E-state index contributed by atoms with van der Waals surface area (Å²) in [6.45, 7) is 4.70. The molecule has 0 bridgehead atoms. The zero-order chi connectivity index (χ0) is 10.9. The molecule has 5 nitrogen and oxygen atoms in total. The summed E-state index contributed by atoms with van der Waals surface area (Å²) in [5.41, 5.74) is 0. The molecule has 0 spiro atoms. The fourth-order valence-corrected chi connectivity index (χ4v) is 1.96. The van der Waals surface area contributed by atoms with Crippen LogP contribution in [0, 0.1) is 11.5 Å². The number of rotatable bonds is 0. The van der Waals surface area contributed by atoms with Crippen molar-refractivity contribution >= 4 is 15.8 Å². The van der Waals surface area contributed by atoms with Crippen molar-refractivity contribution in [3.8, 4) is 11.5 Å². The molecule has 0 amide bonds. The Morgan fingerprint density at radius 1 is 0.867 bits per heavy atom. The average molecular weight is 245 g/mol. The molecule has 1 aliphatic rings.